The lowest BCUT2D eigenvalue weighted by molar-refractivity contribution is -0.121. The fourth-order valence-corrected chi connectivity index (χ4v) is 2.63. The molecule has 0 atom stereocenters. The Balaban J connectivity index is 1.50. The number of nitrogens with zero attached hydrogens (tertiary/aromatic N) is 2. The lowest BCUT2D eigenvalue weighted by Gasteiger charge is -2.07. The number of hydrogen-bond acceptors (Lipinski definition) is 5. The Morgan fingerprint density at radius 2 is 2.12 bits per heavy atom. The van der Waals surface area contributed by atoms with E-state index in [4.69, 9.17) is 4.74 Å². The van der Waals surface area contributed by atoms with E-state index in [-0.39, 0.29) is 11.5 Å². The highest BCUT2D eigenvalue weighted by Crippen LogP contribution is 2.09. The summed E-state index contributed by atoms with van der Waals surface area (Å²) < 4.78 is 5.06. The minimum atomic E-state index is -0.151. The average molecular weight is 352 g/mol. The largest absolute Gasteiger partial charge is 0.481 e. The number of fused-ring (bicyclic) bond motifs is 1. The van der Waals surface area contributed by atoms with Crippen LogP contribution < -0.4 is 15.6 Å². The Morgan fingerprint density at radius 1 is 1.27 bits per heavy atom. The summed E-state index contributed by atoms with van der Waals surface area (Å²) in [5.41, 5.74) is 1.44. The van der Waals surface area contributed by atoms with E-state index in [0.717, 1.165) is 5.56 Å². The van der Waals surface area contributed by atoms with Gasteiger partial charge in [0.25, 0.3) is 5.56 Å². The molecule has 7 heteroatoms. The molecule has 7 nitrogen and oxygen atoms in total. The minimum Gasteiger partial charge on any atom is -0.481 e. The van der Waals surface area contributed by atoms with Crippen LogP contribution in [0.2, 0.25) is 0 Å². The number of carbonyl (C=O) groups is 1. The molecule has 0 aliphatic rings. The fourth-order valence-electron chi connectivity index (χ4n) is 2.63. The molecule has 26 heavy (non-hydrogen) atoms. The fraction of sp³-hybridized carbons (Fsp3) is 0.263. The van der Waals surface area contributed by atoms with Gasteiger partial charge in [-0.2, -0.15) is 0 Å². The first-order chi connectivity index (χ1) is 12.7. The maximum atomic E-state index is 12.0. The number of methoxy groups -OCH3 is 1. The second-order valence-corrected chi connectivity index (χ2v) is 5.87. The van der Waals surface area contributed by atoms with Gasteiger partial charge in [0.15, 0.2) is 0 Å². The van der Waals surface area contributed by atoms with E-state index >= 15 is 0 Å². The van der Waals surface area contributed by atoms with Gasteiger partial charge < -0.3 is 15.0 Å². The number of aromatic amines is 1. The maximum Gasteiger partial charge on any atom is 0.258 e. The summed E-state index contributed by atoms with van der Waals surface area (Å²) in [6.45, 7) is 0.419. The molecular weight excluding hydrogens is 332 g/mol. The lowest BCUT2D eigenvalue weighted by Crippen LogP contribution is -2.22. The smallest absolute Gasteiger partial charge is 0.258 e. The summed E-state index contributed by atoms with van der Waals surface area (Å²) in [5, 5.41) is 3.43. The van der Waals surface area contributed by atoms with E-state index in [1.165, 1.54) is 0 Å². The molecule has 0 aliphatic carbocycles. The molecule has 0 unspecified atom stereocenters. The molecule has 134 valence electrons. The van der Waals surface area contributed by atoms with Crippen LogP contribution in [0.5, 0.6) is 5.88 Å². The number of rotatable bonds is 7. The van der Waals surface area contributed by atoms with Crippen LogP contribution in [0.1, 0.15) is 24.2 Å². The van der Waals surface area contributed by atoms with Crippen LogP contribution in [0, 0.1) is 0 Å². The number of aryl methyl sites for hydroxylation is 1. The number of para-hydroxylation sites is 1. The average Bonchev–Trinajstić information content (AvgIpc) is 2.66. The molecule has 2 heterocycles. The van der Waals surface area contributed by atoms with Gasteiger partial charge in [-0.05, 0) is 30.2 Å². The number of nitrogens with one attached hydrogen (secondary N) is 2. The molecule has 0 saturated carbocycles. The Labute approximate surface area is 150 Å². The van der Waals surface area contributed by atoms with Crippen molar-refractivity contribution < 1.29 is 9.53 Å². The minimum absolute atomic E-state index is 0.0519. The van der Waals surface area contributed by atoms with Crippen molar-refractivity contribution in [3.8, 4) is 5.88 Å². The van der Waals surface area contributed by atoms with Crippen molar-refractivity contribution in [3.05, 3.63) is 64.3 Å². The van der Waals surface area contributed by atoms with Crippen LogP contribution in [-0.4, -0.2) is 28.0 Å². The summed E-state index contributed by atoms with van der Waals surface area (Å²) >= 11 is 0. The first-order valence-corrected chi connectivity index (χ1v) is 8.39. The van der Waals surface area contributed by atoms with Crippen molar-refractivity contribution in [2.45, 2.75) is 25.8 Å². The third-order valence-electron chi connectivity index (χ3n) is 3.98. The van der Waals surface area contributed by atoms with Crippen LogP contribution in [0.25, 0.3) is 10.9 Å². The SMILES string of the molecule is COc1cc(CNC(=O)CCCc2nc3ccccc3c(=O)[nH]2)ccn1. The predicted octanol–water partition coefficient (Wildman–Crippen LogP) is 1.97. The zero-order valence-electron chi connectivity index (χ0n) is 14.5. The predicted molar refractivity (Wildman–Crippen MR) is 97.9 cm³/mol. The topological polar surface area (TPSA) is 97.0 Å². The molecule has 0 fully saturated rings. The van der Waals surface area contributed by atoms with E-state index in [0.29, 0.717) is 48.4 Å². The van der Waals surface area contributed by atoms with E-state index in [1.54, 1.807) is 25.4 Å². The van der Waals surface area contributed by atoms with Crippen LogP contribution in [0.4, 0.5) is 0 Å². The molecule has 3 rings (SSSR count). The first-order valence-electron chi connectivity index (χ1n) is 8.39. The molecule has 0 spiro atoms. The van der Waals surface area contributed by atoms with Crippen molar-refractivity contribution in [1.29, 1.82) is 0 Å². The van der Waals surface area contributed by atoms with Gasteiger partial charge in [-0.25, -0.2) is 9.97 Å². The molecule has 2 N–H and O–H groups in total. The van der Waals surface area contributed by atoms with Gasteiger partial charge in [-0.15, -0.1) is 0 Å². The summed E-state index contributed by atoms with van der Waals surface area (Å²) in [7, 11) is 1.55. The molecular formula is C19H20N4O3. The zero-order valence-corrected chi connectivity index (χ0v) is 14.5. The van der Waals surface area contributed by atoms with Crippen molar-refractivity contribution >= 4 is 16.8 Å². The quantitative estimate of drug-likeness (QED) is 0.677. The molecule has 0 radical (unpaired) electrons. The van der Waals surface area contributed by atoms with Crippen LogP contribution >= 0.6 is 0 Å². The normalized spacial score (nSPS) is 10.7. The Hall–Kier alpha value is -3.22. The number of carbonyl (C=O) groups excluding carboxylic acids is 1. The van der Waals surface area contributed by atoms with Gasteiger partial charge in [-0.3, -0.25) is 9.59 Å². The van der Waals surface area contributed by atoms with Crippen LogP contribution in [-0.2, 0) is 17.8 Å². The van der Waals surface area contributed by atoms with Gasteiger partial charge in [0.05, 0.1) is 18.0 Å². The van der Waals surface area contributed by atoms with Gasteiger partial charge in [0.2, 0.25) is 11.8 Å². The second-order valence-electron chi connectivity index (χ2n) is 5.87. The molecule has 0 aliphatic heterocycles. The number of pyridine rings is 1. The highest BCUT2D eigenvalue weighted by Gasteiger charge is 2.06. The molecule has 1 amide bonds. The van der Waals surface area contributed by atoms with E-state index in [1.807, 2.05) is 24.3 Å². The van der Waals surface area contributed by atoms with E-state index < -0.39 is 0 Å². The summed E-state index contributed by atoms with van der Waals surface area (Å²) in [6, 6.07) is 10.8. The van der Waals surface area contributed by atoms with Crippen molar-refractivity contribution in [2.24, 2.45) is 0 Å². The van der Waals surface area contributed by atoms with Crippen molar-refractivity contribution in [1.82, 2.24) is 20.3 Å². The first kappa shape index (κ1) is 17.6. The van der Waals surface area contributed by atoms with Crippen LogP contribution in [0.15, 0.2) is 47.4 Å². The van der Waals surface area contributed by atoms with Crippen molar-refractivity contribution in [3.63, 3.8) is 0 Å². The van der Waals surface area contributed by atoms with E-state index in [2.05, 4.69) is 20.3 Å². The lowest BCUT2D eigenvalue weighted by atomic mass is 10.2. The molecule has 0 saturated heterocycles. The highest BCUT2D eigenvalue weighted by molar-refractivity contribution is 5.77. The maximum absolute atomic E-state index is 12.0. The van der Waals surface area contributed by atoms with Gasteiger partial charge in [-0.1, -0.05) is 12.1 Å². The second kappa shape index (κ2) is 8.24. The Morgan fingerprint density at radius 3 is 2.96 bits per heavy atom. The van der Waals surface area contributed by atoms with Gasteiger partial charge >= 0.3 is 0 Å². The Bertz CT molecular complexity index is 968. The third kappa shape index (κ3) is 4.44. The van der Waals surface area contributed by atoms with E-state index in [9.17, 15) is 9.59 Å². The Kier molecular flexibility index (Phi) is 5.58. The molecule has 0 bridgehead atoms. The summed E-state index contributed by atoms with van der Waals surface area (Å²) in [5.74, 6) is 1.06. The van der Waals surface area contributed by atoms with Gasteiger partial charge in [0, 0.05) is 31.6 Å². The monoisotopic (exact) mass is 352 g/mol. The van der Waals surface area contributed by atoms with Crippen molar-refractivity contribution in [2.75, 3.05) is 7.11 Å². The third-order valence-corrected chi connectivity index (χ3v) is 3.98. The summed E-state index contributed by atoms with van der Waals surface area (Å²) in [4.78, 5) is 35.2. The number of benzene rings is 1. The molecule has 3 aromatic rings. The number of aromatic nitrogens is 3. The molecule has 1 aromatic carbocycles. The number of H-pyrrole nitrogens is 1. The summed E-state index contributed by atoms with van der Waals surface area (Å²) in [6.07, 6.45) is 3.14. The van der Waals surface area contributed by atoms with Gasteiger partial charge in [0.1, 0.15) is 5.82 Å². The zero-order chi connectivity index (χ0) is 18.4. The number of ether oxygens (including phenoxy) is 1. The number of hydrogen-bond donors (Lipinski definition) is 2. The molecule has 2 aromatic heterocycles. The van der Waals surface area contributed by atoms with Crippen LogP contribution in [0.3, 0.4) is 0 Å². The standard InChI is InChI=1S/C19H20N4O3/c1-26-18-11-13(9-10-20-18)12-21-17(24)8-4-7-16-22-15-6-3-2-5-14(15)19(25)23-16/h2-3,5-6,9-11H,4,7-8,12H2,1H3,(H,21,24)(H,22,23,25). The highest BCUT2D eigenvalue weighted by atomic mass is 16.5. The number of amides is 1.